The third-order valence-corrected chi connectivity index (χ3v) is 2.21. The Kier molecular flexibility index (Phi) is 2.60. The number of hydrogen-bond acceptors (Lipinski definition) is 4. The number of aromatic nitrogens is 1. The molecule has 0 amide bonds. The van der Waals surface area contributed by atoms with Gasteiger partial charge in [0.2, 0.25) is 5.95 Å². The van der Waals surface area contributed by atoms with Crippen molar-refractivity contribution in [3.8, 4) is 0 Å². The first-order valence-electron chi connectivity index (χ1n) is 4.49. The Balaban J connectivity index is 2.18. The number of anilines is 1. The minimum Gasteiger partial charge on any atom is -0.395 e. The second-order valence-corrected chi connectivity index (χ2v) is 3.23. The molecule has 0 saturated carbocycles. The average molecular weight is 197 g/mol. The van der Waals surface area contributed by atoms with Crippen molar-refractivity contribution < 1.29 is 9.13 Å². The van der Waals surface area contributed by atoms with Gasteiger partial charge in [0.25, 0.3) is 0 Å². The average Bonchev–Trinajstić information content (AvgIpc) is 2.23. The van der Waals surface area contributed by atoms with E-state index >= 15 is 0 Å². The maximum Gasteiger partial charge on any atom is 0.236 e. The Bertz CT molecular complexity index is 326. The molecule has 1 atom stereocenters. The van der Waals surface area contributed by atoms with E-state index in [-0.39, 0.29) is 11.7 Å². The fourth-order valence-corrected chi connectivity index (χ4v) is 1.45. The molecule has 0 bridgehead atoms. The number of nitrogens with one attached hydrogen (secondary N) is 1. The molecule has 4 nitrogen and oxygen atoms in total. The zero-order chi connectivity index (χ0) is 9.97. The summed E-state index contributed by atoms with van der Waals surface area (Å²) < 4.78 is 18.1. The van der Waals surface area contributed by atoms with Gasteiger partial charge < -0.3 is 15.8 Å². The third-order valence-electron chi connectivity index (χ3n) is 2.21. The fourth-order valence-electron chi connectivity index (χ4n) is 1.45. The Morgan fingerprint density at radius 2 is 2.50 bits per heavy atom. The highest BCUT2D eigenvalue weighted by Crippen LogP contribution is 2.18. The minimum absolute atomic E-state index is 0.0687. The van der Waals surface area contributed by atoms with Gasteiger partial charge in [-0.05, 0) is 11.6 Å². The molecule has 14 heavy (non-hydrogen) atoms. The molecule has 2 heterocycles. The van der Waals surface area contributed by atoms with Crippen LogP contribution in [0.1, 0.15) is 11.6 Å². The first kappa shape index (κ1) is 9.36. The van der Waals surface area contributed by atoms with E-state index in [0.717, 1.165) is 12.1 Å². The van der Waals surface area contributed by atoms with Crippen LogP contribution in [0.3, 0.4) is 0 Å². The topological polar surface area (TPSA) is 60.2 Å². The van der Waals surface area contributed by atoms with E-state index < -0.39 is 5.95 Å². The molecule has 0 aliphatic carbocycles. The Morgan fingerprint density at radius 3 is 3.14 bits per heavy atom. The van der Waals surface area contributed by atoms with Gasteiger partial charge in [-0.2, -0.15) is 4.39 Å². The number of halogens is 1. The predicted molar refractivity (Wildman–Crippen MR) is 50.2 cm³/mol. The highest BCUT2D eigenvalue weighted by molar-refractivity contribution is 5.39. The van der Waals surface area contributed by atoms with Crippen molar-refractivity contribution in [2.75, 3.05) is 25.5 Å². The maximum atomic E-state index is 12.8. The molecule has 5 heteroatoms. The molecule has 1 aromatic heterocycles. The summed E-state index contributed by atoms with van der Waals surface area (Å²) in [5.74, 6) is -0.620. The summed E-state index contributed by atoms with van der Waals surface area (Å²) in [6.07, 6.45) is 1.48. The number of rotatable bonds is 1. The van der Waals surface area contributed by atoms with Crippen molar-refractivity contribution >= 4 is 5.69 Å². The summed E-state index contributed by atoms with van der Waals surface area (Å²) in [6.45, 7) is 2.08. The number of nitrogens with zero attached hydrogens (tertiary/aromatic N) is 1. The summed E-state index contributed by atoms with van der Waals surface area (Å²) in [5, 5.41) is 3.24. The van der Waals surface area contributed by atoms with E-state index in [4.69, 9.17) is 10.5 Å². The van der Waals surface area contributed by atoms with Crippen molar-refractivity contribution in [2.45, 2.75) is 6.04 Å². The van der Waals surface area contributed by atoms with Crippen LogP contribution < -0.4 is 11.1 Å². The van der Waals surface area contributed by atoms with Crippen LogP contribution in [0.25, 0.3) is 0 Å². The summed E-state index contributed by atoms with van der Waals surface area (Å²) in [5.41, 5.74) is 6.36. The van der Waals surface area contributed by atoms with Gasteiger partial charge >= 0.3 is 0 Å². The monoisotopic (exact) mass is 197 g/mol. The number of nitrogens with two attached hydrogens (primary N) is 1. The summed E-state index contributed by atoms with van der Waals surface area (Å²) in [7, 11) is 0. The largest absolute Gasteiger partial charge is 0.395 e. The standard InChI is InChI=1S/C9H12FN3O/c10-9-7(11)3-6(4-13-9)8-5-14-2-1-12-8/h3-4,8,12H,1-2,5,11H2/t8-/m0/s1. The molecule has 0 unspecified atom stereocenters. The van der Waals surface area contributed by atoms with Gasteiger partial charge in [0.05, 0.1) is 24.9 Å². The normalized spacial score (nSPS) is 22.2. The maximum absolute atomic E-state index is 12.8. The Labute approximate surface area is 81.3 Å². The van der Waals surface area contributed by atoms with Gasteiger partial charge in [-0.3, -0.25) is 0 Å². The number of morpholine rings is 1. The number of pyridine rings is 1. The zero-order valence-electron chi connectivity index (χ0n) is 7.66. The van der Waals surface area contributed by atoms with Crippen LogP contribution in [0.15, 0.2) is 12.3 Å². The molecule has 1 aliphatic heterocycles. The smallest absolute Gasteiger partial charge is 0.236 e. The third kappa shape index (κ3) is 1.83. The number of hydrogen-bond donors (Lipinski definition) is 2. The van der Waals surface area contributed by atoms with Gasteiger partial charge in [-0.15, -0.1) is 0 Å². The highest BCUT2D eigenvalue weighted by atomic mass is 19.1. The van der Waals surface area contributed by atoms with E-state index in [9.17, 15) is 4.39 Å². The molecule has 1 saturated heterocycles. The van der Waals surface area contributed by atoms with Crippen molar-refractivity contribution in [1.29, 1.82) is 0 Å². The predicted octanol–water partition coefficient (Wildman–Crippen LogP) is 0.464. The molecule has 0 radical (unpaired) electrons. The molecule has 2 rings (SSSR count). The molecule has 3 N–H and O–H groups in total. The van der Waals surface area contributed by atoms with Crippen LogP contribution in [0.2, 0.25) is 0 Å². The Morgan fingerprint density at radius 1 is 1.64 bits per heavy atom. The van der Waals surface area contributed by atoms with E-state index in [2.05, 4.69) is 10.3 Å². The first-order chi connectivity index (χ1) is 6.77. The summed E-state index contributed by atoms with van der Waals surface area (Å²) >= 11 is 0. The van der Waals surface area contributed by atoms with Crippen molar-refractivity contribution in [2.24, 2.45) is 0 Å². The second kappa shape index (κ2) is 3.89. The van der Waals surface area contributed by atoms with E-state index in [1.165, 1.54) is 6.20 Å². The quantitative estimate of drug-likeness (QED) is 0.642. The number of ether oxygens (including phenoxy) is 1. The lowest BCUT2D eigenvalue weighted by Gasteiger charge is -2.23. The fraction of sp³-hybridized carbons (Fsp3) is 0.444. The van der Waals surface area contributed by atoms with Crippen molar-refractivity contribution in [1.82, 2.24) is 10.3 Å². The lowest BCUT2D eigenvalue weighted by molar-refractivity contribution is 0.0767. The molecule has 0 spiro atoms. The summed E-state index contributed by atoms with van der Waals surface area (Å²) in [6, 6.07) is 1.66. The molecule has 1 aromatic rings. The van der Waals surface area contributed by atoms with Gasteiger partial charge in [-0.25, -0.2) is 4.98 Å². The van der Waals surface area contributed by atoms with Crippen LogP contribution in [-0.4, -0.2) is 24.7 Å². The molecular formula is C9H12FN3O. The lowest BCUT2D eigenvalue weighted by atomic mass is 10.1. The highest BCUT2D eigenvalue weighted by Gasteiger charge is 2.16. The first-order valence-corrected chi connectivity index (χ1v) is 4.49. The molecule has 76 valence electrons. The van der Waals surface area contributed by atoms with Gasteiger partial charge in [-0.1, -0.05) is 0 Å². The van der Waals surface area contributed by atoms with Gasteiger partial charge in [0.1, 0.15) is 0 Å². The van der Waals surface area contributed by atoms with Crippen LogP contribution in [0.5, 0.6) is 0 Å². The molecular weight excluding hydrogens is 185 g/mol. The Hall–Kier alpha value is -1.20. The van der Waals surface area contributed by atoms with Crippen LogP contribution in [0.4, 0.5) is 10.1 Å². The van der Waals surface area contributed by atoms with E-state index in [1.54, 1.807) is 6.07 Å². The van der Waals surface area contributed by atoms with Crippen molar-refractivity contribution in [3.63, 3.8) is 0 Å². The lowest BCUT2D eigenvalue weighted by Crippen LogP contribution is -2.34. The van der Waals surface area contributed by atoms with Crippen molar-refractivity contribution in [3.05, 3.63) is 23.8 Å². The van der Waals surface area contributed by atoms with E-state index in [0.29, 0.717) is 13.2 Å². The second-order valence-electron chi connectivity index (χ2n) is 3.23. The SMILES string of the molecule is Nc1cc([C@@H]2COCCN2)cnc1F. The van der Waals surface area contributed by atoms with Crippen LogP contribution in [0, 0.1) is 5.95 Å². The van der Waals surface area contributed by atoms with Gasteiger partial charge in [0.15, 0.2) is 0 Å². The van der Waals surface area contributed by atoms with Crippen LogP contribution >= 0.6 is 0 Å². The minimum atomic E-state index is -0.620. The molecule has 1 aliphatic rings. The van der Waals surface area contributed by atoms with Crippen LogP contribution in [-0.2, 0) is 4.74 Å². The van der Waals surface area contributed by atoms with E-state index in [1.807, 2.05) is 0 Å². The van der Waals surface area contributed by atoms with Gasteiger partial charge in [0, 0.05) is 12.7 Å². The molecule has 0 aromatic carbocycles. The summed E-state index contributed by atoms with van der Waals surface area (Å²) in [4.78, 5) is 3.57. The zero-order valence-corrected chi connectivity index (χ0v) is 7.66. The molecule has 1 fully saturated rings. The number of nitrogen functional groups attached to an aromatic ring is 1.